The normalized spacial score (nSPS) is 9.97. The van der Waals surface area contributed by atoms with E-state index in [1.54, 1.807) is 36.4 Å². The first-order valence-electron chi connectivity index (χ1n) is 9.48. The van der Waals surface area contributed by atoms with E-state index in [4.69, 9.17) is 24.2 Å². The first-order chi connectivity index (χ1) is 15.1. The average molecular weight is 418 g/mol. The number of hydrogen-bond acceptors (Lipinski definition) is 6. The number of anilines is 1. The van der Waals surface area contributed by atoms with Crippen molar-refractivity contribution in [3.05, 3.63) is 77.9 Å². The molecule has 0 aliphatic heterocycles. The Morgan fingerprint density at radius 1 is 0.935 bits per heavy atom. The lowest BCUT2D eigenvalue weighted by molar-refractivity contribution is 0.102. The van der Waals surface area contributed by atoms with E-state index in [9.17, 15) is 4.79 Å². The summed E-state index contributed by atoms with van der Waals surface area (Å²) in [5.74, 6) is 1.30. The van der Waals surface area contributed by atoms with Gasteiger partial charge in [0.2, 0.25) is 5.75 Å². The van der Waals surface area contributed by atoms with Crippen molar-refractivity contribution in [2.45, 2.75) is 6.61 Å². The number of nitrogens with one attached hydrogen (secondary N) is 1. The molecule has 7 nitrogen and oxygen atoms in total. The highest BCUT2D eigenvalue weighted by Crippen LogP contribution is 2.39. The third-order valence-corrected chi connectivity index (χ3v) is 4.34. The average Bonchev–Trinajstić information content (AvgIpc) is 2.81. The van der Waals surface area contributed by atoms with E-state index in [1.165, 1.54) is 14.2 Å². The van der Waals surface area contributed by atoms with E-state index >= 15 is 0 Å². The van der Waals surface area contributed by atoms with Crippen LogP contribution in [0.25, 0.3) is 0 Å². The van der Waals surface area contributed by atoms with Gasteiger partial charge >= 0.3 is 0 Å². The fourth-order valence-corrected chi connectivity index (χ4v) is 2.87. The number of nitriles is 1. The zero-order valence-corrected chi connectivity index (χ0v) is 17.3. The Bertz CT molecular complexity index is 1050. The zero-order valence-electron chi connectivity index (χ0n) is 17.3. The van der Waals surface area contributed by atoms with Gasteiger partial charge in [0, 0.05) is 17.3 Å². The Balaban J connectivity index is 1.80. The second-order valence-electron chi connectivity index (χ2n) is 6.41. The smallest absolute Gasteiger partial charge is 0.255 e. The summed E-state index contributed by atoms with van der Waals surface area (Å²) >= 11 is 0. The molecule has 7 heteroatoms. The van der Waals surface area contributed by atoms with Crippen LogP contribution >= 0.6 is 0 Å². The minimum absolute atomic E-state index is 0.0732. The lowest BCUT2D eigenvalue weighted by atomic mass is 10.1. The van der Waals surface area contributed by atoms with Gasteiger partial charge in [0.1, 0.15) is 18.4 Å². The lowest BCUT2D eigenvalue weighted by Crippen LogP contribution is -2.13. The quantitative estimate of drug-likeness (QED) is 0.553. The molecule has 3 rings (SSSR count). The second kappa shape index (κ2) is 10.6. The van der Waals surface area contributed by atoms with Gasteiger partial charge in [-0.3, -0.25) is 4.79 Å². The number of benzene rings is 3. The van der Waals surface area contributed by atoms with Crippen molar-refractivity contribution >= 4 is 11.6 Å². The Labute approximate surface area is 180 Å². The number of carbonyl (C=O) groups excluding carboxylic acids is 1. The molecule has 0 saturated carbocycles. The minimum Gasteiger partial charge on any atom is -0.493 e. The molecule has 0 aromatic heterocycles. The molecule has 0 saturated heterocycles. The second-order valence-corrected chi connectivity index (χ2v) is 6.41. The maximum Gasteiger partial charge on any atom is 0.255 e. The fourth-order valence-electron chi connectivity index (χ4n) is 2.87. The highest BCUT2D eigenvalue weighted by atomic mass is 16.5. The number of methoxy groups -OCH3 is 2. The summed E-state index contributed by atoms with van der Waals surface area (Å²) in [5.41, 5.74) is 1.86. The topological polar surface area (TPSA) is 89.8 Å². The third-order valence-electron chi connectivity index (χ3n) is 4.34. The van der Waals surface area contributed by atoms with Gasteiger partial charge in [0.15, 0.2) is 18.1 Å². The summed E-state index contributed by atoms with van der Waals surface area (Å²) in [5, 5.41) is 11.4. The van der Waals surface area contributed by atoms with Crippen molar-refractivity contribution in [2.24, 2.45) is 0 Å². The number of hydrogen-bond donors (Lipinski definition) is 1. The van der Waals surface area contributed by atoms with Crippen LogP contribution in [0.2, 0.25) is 0 Å². The molecule has 0 atom stereocenters. The monoisotopic (exact) mass is 418 g/mol. The molecule has 0 radical (unpaired) electrons. The van der Waals surface area contributed by atoms with Crippen LogP contribution in [0, 0.1) is 11.3 Å². The number of amides is 1. The lowest BCUT2D eigenvalue weighted by Gasteiger charge is -2.16. The first kappa shape index (κ1) is 21.5. The van der Waals surface area contributed by atoms with E-state index in [0.717, 1.165) is 5.56 Å². The van der Waals surface area contributed by atoms with Gasteiger partial charge < -0.3 is 24.3 Å². The highest BCUT2D eigenvalue weighted by molar-refractivity contribution is 6.05. The highest BCUT2D eigenvalue weighted by Gasteiger charge is 2.18. The predicted octanol–water partition coefficient (Wildman–Crippen LogP) is 4.44. The molecule has 1 amide bonds. The Morgan fingerprint density at radius 2 is 1.65 bits per heavy atom. The molecule has 0 fully saturated rings. The maximum atomic E-state index is 12.8. The fraction of sp³-hybridized carbons (Fsp3) is 0.167. The number of nitrogens with zero attached hydrogens (tertiary/aromatic N) is 1. The number of ether oxygens (including phenoxy) is 4. The Morgan fingerprint density at radius 3 is 2.29 bits per heavy atom. The SMILES string of the molecule is COc1cc(C(=O)Nc2cccc(OCC#N)c2)cc(OC)c1OCc1ccccc1. The van der Waals surface area contributed by atoms with Crippen LogP contribution in [-0.2, 0) is 6.61 Å². The molecule has 158 valence electrons. The number of rotatable bonds is 9. The van der Waals surface area contributed by atoms with Crippen molar-refractivity contribution in [1.29, 1.82) is 5.26 Å². The molecule has 0 spiro atoms. The molecular formula is C24H22N2O5. The molecule has 0 aliphatic rings. The van der Waals surface area contributed by atoms with Crippen LogP contribution in [0.1, 0.15) is 15.9 Å². The number of carbonyl (C=O) groups is 1. The largest absolute Gasteiger partial charge is 0.493 e. The van der Waals surface area contributed by atoms with Gasteiger partial charge in [0.25, 0.3) is 5.91 Å². The summed E-state index contributed by atoms with van der Waals surface area (Å²) in [6.07, 6.45) is 0. The van der Waals surface area contributed by atoms with Gasteiger partial charge in [-0.05, 0) is 29.8 Å². The van der Waals surface area contributed by atoms with Crippen molar-refractivity contribution < 1.29 is 23.7 Å². The molecule has 0 unspecified atom stereocenters. The summed E-state index contributed by atoms with van der Waals surface area (Å²) < 4.78 is 22.1. The van der Waals surface area contributed by atoms with E-state index in [2.05, 4.69) is 5.32 Å². The van der Waals surface area contributed by atoms with Crippen molar-refractivity contribution in [2.75, 3.05) is 26.1 Å². The van der Waals surface area contributed by atoms with Crippen LogP contribution in [0.5, 0.6) is 23.0 Å². The minimum atomic E-state index is -0.358. The first-order valence-corrected chi connectivity index (χ1v) is 9.48. The van der Waals surface area contributed by atoms with Crippen LogP contribution in [0.3, 0.4) is 0 Å². The van der Waals surface area contributed by atoms with Crippen molar-refractivity contribution in [3.8, 4) is 29.1 Å². The summed E-state index contributed by atoms with van der Waals surface area (Å²) in [4.78, 5) is 12.8. The van der Waals surface area contributed by atoms with Crippen molar-refractivity contribution in [1.82, 2.24) is 0 Å². The molecule has 0 bridgehead atoms. The van der Waals surface area contributed by atoms with E-state index in [0.29, 0.717) is 40.9 Å². The Kier molecular flexibility index (Phi) is 7.33. The molecule has 1 N–H and O–H groups in total. The molecule has 0 heterocycles. The predicted molar refractivity (Wildman–Crippen MR) is 116 cm³/mol. The van der Waals surface area contributed by atoms with Gasteiger partial charge in [-0.2, -0.15) is 5.26 Å². The van der Waals surface area contributed by atoms with Crippen molar-refractivity contribution in [3.63, 3.8) is 0 Å². The van der Waals surface area contributed by atoms with Crippen LogP contribution in [0.4, 0.5) is 5.69 Å². The van der Waals surface area contributed by atoms with Crippen LogP contribution in [0.15, 0.2) is 66.7 Å². The molecule has 31 heavy (non-hydrogen) atoms. The maximum absolute atomic E-state index is 12.8. The van der Waals surface area contributed by atoms with Gasteiger partial charge in [-0.25, -0.2) is 0 Å². The zero-order chi connectivity index (χ0) is 22.1. The van der Waals surface area contributed by atoms with Gasteiger partial charge in [0.05, 0.1) is 14.2 Å². The molecule has 3 aromatic carbocycles. The standard InChI is InChI=1S/C24H22N2O5/c1-28-21-13-18(24(27)26-19-9-6-10-20(15-19)30-12-11-25)14-22(29-2)23(21)31-16-17-7-4-3-5-8-17/h3-10,13-15H,12,16H2,1-2H3,(H,26,27). The van der Waals surface area contributed by atoms with Gasteiger partial charge in [-0.15, -0.1) is 0 Å². The van der Waals surface area contributed by atoms with E-state index in [-0.39, 0.29) is 12.5 Å². The van der Waals surface area contributed by atoms with Crippen LogP contribution in [-0.4, -0.2) is 26.7 Å². The van der Waals surface area contributed by atoms with E-state index < -0.39 is 0 Å². The van der Waals surface area contributed by atoms with Crippen LogP contribution < -0.4 is 24.3 Å². The molecule has 0 aliphatic carbocycles. The molecular weight excluding hydrogens is 396 g/mol. The summed E-state index contributed by atoms with van der Waals surface area (Å²) in [6.45, 7) is 0.255. The summed E-state index contributed by atoms with van der Waals surface area (Å²) in [7, 11) is 3.00. The Hall–Kier alpha value is -4.18. The van der Waals surface area contributed by atoms with Gasteiger partial charge in [-0.1, -0.05) is 36.4 Å². The van der Waals surface area contributed by atoms with E-state index in [1.807, 2.05) is 36.4 Å². The third kappa shape index (κ3) is 5.67. The molecule has 3 aromatic rings. The summed E-state index contributed by atoms with van der Waals surface area (Å²) in [6, 6.07) is 21.6.